The second-order valence-electron chi connectivity index (χ2n) is 8.81. The van der Waals surface area contributed by atoms with Crippen molar-refractivity contribution in [1.29, 1.82) is 0 Å². The van der Waals surface area contributed by atoms with Gasteiger partial charge in [0.1, 0.15) is 5.75 Å². The first-order valence-corrected chi connectivity index (χ1v) is 12.2. The average molecular weight is 470 g/mol. The minimum absolute atomic E-state index is 0.356. The fourth-order valence-corrected chi connectivity index (χ4v) is 5.45. The van der Waals surface area contributed by atoms with E-state index in [0.717, 1.165) is 52.1 Å². The molecule has 3 heterocycles. The van der Waals surface area contributed by atoms with Crippen molar-refractivity contribution in [3.63, 3.8) is 0 Å². The predicted molar refractivity (Wildman–Crippen MR) is 138 cm³/mol. The minimum atomic E-state index is -1.18. The van der Waals surface area contributed by atoms with Gasteiger partial charge in [0.2, 0.25) is 0 Å². The summed E-state index contributed by atoms with van der Waals surface area (Å²) in [6.45, 7) is 10.6. The summed E-state index contributed by atoms with van der Waals surface area (Å²) < 4.78 is 14.8. The lowest BCUT2D eigenvalue weighted by Gasteiger charge is -2.33. The molecule has 2 aromatic heterocycles. The Morgan fingerprint density at radius 1 is 1.06 bits per heavy atom. The van der Waals surface area contributed by atoms with Crippen molar-refractivity contribution in [1.82, 2.24) is 9.55 Å². The van der Waals surface area contributed by atoms with Crippen LogP contribution >= 0.6 is 0 Å². The fourth-order valence-electron chi connectivity index (χ4n) is 5.45. The SMILES string of the molecule is CCOc1cc(N(CC)CC)ccc1C1(c2c(C)n(C)c3ccccc23)OC(=O)c2ccncc21. The van der Waals surface area contributed by atoms with E-state index < -0.39 is 5.60 Å². The number of para-hydroxylation sites is 1. The topological polar surface area (TPSA) is 56.6 Å². The Morgan fingerprint density at radius 3 is 2.57 bits per heavy atom. The van der Waals surface area contributed by atoms with E-state index in [0.29, 0.717) is 17.9 Å². The summed E-state index contributed by atoms with van der Waals surface area (Å²) in [4.78, 5) is 20.0. The first-order valence-electron chi connectivity index (χ1n) is 12.2. The van der Waals surface area contributed by atoms with Crippen molar-refractivity contribution in [3.8, 4) is 5.75 Å². The van der Waals surface area contributed by atoms with Gasteiger partial charge < -0.3 is 18.9 Å². The van der Waals surface area contributed by atoms with Crippen LogP contribution in [0.5, 0.6) is 5.75 Å². The zero-order valence-electron chi connectivity index (χ0n) is 21.0. The van der Waals surface area contributed by atoms with Gasteiger partial charge in [-0.25, -0.2) is 4.79 Å². The van der Waals surface area contributed by atoms with Crippen molar-refractivity contribution in [2.45, 2.75) is 33.3 Å². The first-order chi connectivity index (χ1) is 17.0. The van der Waals surface area contributed by atoms with Crippen LogP contribution in [0, 0.1) is 6.92 Å². The number of aryl methyl sites for hydroxylation is 1. The lowest BCUT2D eigenvalue weighted by molar-refractivity contribution is 0.0246. The van der Waals surface area contributed by atoms with E-state index >= 15 is 0 Å². The summed E-state index contributed by atoms with van der Waals surface area (Å²) in [5.41, 5.74) is 4.99. The molecule has 4 aromatic rings. The van der Waals surface area contributed by atoms with Crippen molar-refractivity contribution in [3.05, 3.63) is 88.9 Å². The van der Waals surface area contributed by atoms with Gasteiger partial charge in [-0.3, -0.25) is 4.98 Å². The van der Waals surface area contributed by atoms with E-state index in [1.54, 1.807) is 18.5 Å². The molecule has 1 atom stereocenters. The molecule has 0 spiro atoms. The summed E-state index contributed by atoms with van der Waals surface area (Å²) in [5, 5.41) is 1.03. The number of fused-ring (bicyclic) bond motifs is 2. The standard InChI is InChI=1S/C29H31N3O3/c1-6-32(7-2)20-13-14-23(26(17-20)34-8-3)29(24-18-30-16-15-21(24)28(33)35-29)27-19(4)31(5)25-12-10-9-11-22(25)27/h9-18H,6-8H2,1-5H3. The van der Waals surface area contributed by atoms with Gasteiger partial charge in [0, 0.05) is 77.6 Å². The van der Waals surface area contributed by atoms with Gasteiger partial charge in [0.25, 0.3) is 0 Å². The molecule has 180 valence electrons. The number of hydrogen-bond donors (Lipinski definition) is 0. The van der Waals surface area contributed by atoms with Gasteiger partial charge in [-0.1, -0.05) is 18.2 Å². The third-order valence-corrected chi connectivity index (χ3v) is 7.19. The summed E-state index contributed by atoms with van der Waals surface area (Å²) >= 11 is 0. The average Bonchev–Trinajstić information content (AvgIpc) is 3.31. The number of rotatable bonds is 7. The number of carbonyl (C=O) groups excluding carboxylic acids is 1. The maximum atomic E-state index is 13.3. The van der Waals surface area contributed by atoms with Crippen LogP contribution < -0.4 is 9.64 Å². The zero-order chi connectivity index (χ0) is 24.7. The van der Waals surface area contributed by atoms with Gasteiger partial charge in [0.15, 0.2) is 5.60 Å². The fraction of sp³-hybridized carbons (Fsp3) is 0.310. The molecular weight excluding hydrogens is 438 g/mol. The Morgan fingerprint density at radius 2 is 1.83 bits per heavy atom. The number of carbonyl (C=O) groups is 1. The minimum Gasteiger partial charge on any atom is -0.493 e. The van der Waals surface area contributed by atoms with E-state index in [9.17, 15) is 4.79 Å². The molecule has 0 radical (unpaired) electrons. The van der Waals surface area contributed by atoms with Crippen LogP contribution in [-0.4, -0.2) is 35.2 Å². The number of nitrogens with zero attached hydrogens (tertiary/aromatic N) is 3. The van der Waals surface area contributed by atoms with Crippen LogP contribution in [0.2, 0.25) is 0 Å². The highest BCUT2D eigenvalue weighted by Crippen LogP contribution is 2.53. The molecule has 5 rings (SSSR count). The van der Waals surface area contributed by atoms with E-state index in [1.165, 1.54) is 0 Å². The van der Waals surface area contributed by atoms with Crippen LogP contribution in [0.3, 0.4) is 0 Å². The van der Waals surface area contributed by atoms with Gasteiger partial charge >= 0.3 is 5.97 Å². The van der Waals surface area contributed by atoms with Crippen LogP contribution in [0.4, 0.5) is 5.69 Å². The van der Waals surface area contributed by atoms with Gasteiger partial charge in [-0.2, -0.15) is 0 Å². The molecule has 0 N–H and O–H groups in total. The Balaban J connectivity index is 1.89. The Labute approximate surface area is 206 Å². The molecule has 0 bridgehead atoms. The second-order valence-corrected chi connectivity index (χ2v) is 8.81. The van der Waals surface area contributed by atoms with E-state index in [2.05, 4.69) is 65.6 Å². The quantitative estimate of drug-likeness (QED) is 0.330. The molecular formula is C29H31N3O3. The molecule has 35 heavy (non-hydrogen) atoms. The number of pyridine rings is 1. The van der Waals surface area contributed by atoms with Crippen LogP contribution in [-0.2, 0) is 17.4 Å². The van der Waals surface area contributed by atoms with E-state index in [4.69, 9.17) is 9.47 Å². The molecule has 1 aliphatic rings. The third kappa shape index (κ3) is 3.31. The smallest absolute Gasteiger partial charge is 0.340 e. The largest absolute Gasteiger partial charge is 0.493 e. The molecule has 0 saturated carbocycles. The number of benzene rings is 2. The molecule has 2 aromatic carbocycles. The second kappa shape index (κ2) is 8.77. The number of aromatic nitrogens is 2. The van der Waals surface area contributed by atoms with Gasteiger partial charge in [-0.05, 0) is 52.0 Å². The highest BCUT2D eigenvalue weighted by atomic mass is 16.6. The maximum Gasteiger partial charge on any atom is 0.340 e. The normalized spacial score (nSPS) is 16.9. The lowest BCUT2D eigenvalue weighted by Crippen LogP contribution is -2.31. The zero-order valence-corrected chi connectivity index (χ0v) is 21.0. The highest BCUT2D eigenvalue weighted by Gasteiger charge is 2.52. The molecule has 0 aliphatic carbocycles. The molecule has 0 fully saturated rings. The number of esters is 1. The van der Waals surface area contributed by atoms with Crippen LogP contribution in [0.25, 0.3) is 10.9 Å². The van der Waals surface area contributed by atoms with Gasteiger partial charge in [-0.15, -0.1) is 0 Å². The Bertz CT molecular complexity index is 1420. The molecule has 0 amide bonds. The van der Waals surface area contributed by atoms with Crippen molar-refractivity contribution in [2.75, 3.05) is 24.6 Å². The summed E-state index contributed by atoms with van der Waals surface area (Å²) in [6, 6.07) is 16.2. The van der Waals surface area contributed by atoms with Crippen LogP contribution in [0.1, 0.15) is 53.5 Å². The monoisotopic (exact) mass is 469 g/mol. The van der Waals surface area contributed by atoms with Gasteiger partial charge in [0.05, 0.1) is 12.2 Å². The van der Waals surface area contributed by atoms with Crippen molar-refractivity contribution >= 4 is 22.6 Å². The maximum absolute atomic E-state index is 13.3. The Kier molecular flexibility index (Phi) is 5.75. The summed E-state index contributed by atoms with van der Waals surface area (Å²) in [6.07, 6.45) is 3.40. The number of ether oxygens (including phenoxy) is 2. The third-order valence-electron chi connectivity index (χ3n) is 7.19. The Hall–Kier alpha value is -3.80. The van der Waals surface area contributed by atoms with Crippen LogP contribution in [0.15, 0.2) is 60.9 Å². The highest BCUT2D eigenvalue weighted by molar-refractivity contribution is 5.98. The number of hydrogen-bond acceptors (Lipinski definition) is 5. The molecule has 0 saturated heterocycles. The molecule has 6 heteroatoms. The number of cyclic esters (lactones) is 1. The predicted octanol–water partition coefficient (Wildman–Crippen LogP) is 5.59. The van der Waals surface area contributed by atoms with Crippen molar-refractivity contribution in [2.24, 2.45) is 7.05 Å². The molecule has 6 nitrogen and oxygen atoms in total. The lowest BCUT2D eigenvalue weighted by atomic mass is 9.78. The van der Waals surface area contributed by atoms with E-state index in [1.807, 2.05) is 26.1 Å². The summed E-state index contributed by atoms with van der Waals surface area (Å²) in [7, 11) is 2.04. The van der Waals surface area contributed by atoms with Crippen molar-refractivity contribution < 1.29 is 14.3 Å². The summed E-state index contributed by atoms with van der Waals surface area (Å²) in [5.74, 6) is 0.346. The molecule has 1 aliphatic heterocycles. The first kappa shape index (κ1) is 23.0. The molecule has 1 unspecified atom stereocenters. The number of anilines is 1. The van der Waals surface area contributed by atoms with E-state index in [-0.39, 0.29) is 5.97 Å².